The predicted octanol–water partition coefficient (Wildman–Crippen LogP) is 2.91. The Morgan fingerprint density at radius 2 is 2.40 bits per heavy atom. The molecule has 0 aliphatic rings. The van der Waals surface area contributed by atoms with Crippen LogP contribution in [0.5, 0.6) is 0 Å². The predicted molar refractivity (Wildman–Crippen MR) is 42.1 cm³/mol. The van der Waals surface area contributed by atoms with Crippen LogP contribution in [-0.4, -0.2) is 0 Å². The summed E-state index contributed by atoms with van der Waals surface area (Å²) >= 11 is 0. The number of hydrogen-bond acceptors (Lipinski definition) is 0. The van der Waals surface area contributed by atoms with E-state index in [2.05, 4.69) is 13.8 Å². The van der Waals surface area contributed by atoms with Gasteiger partial charge in [0, 0.05) is 0 Å². The summed E-state index contributed by atoms with van der Waals surface area (Å²) in [6, 6.07) is 0. The summed E-state index contributed by atoms with van der Waals surface area (Å²) in [7, 11) is 0. The van der Waals surface area contributed by atoms with Crippen molar-refractivity contribution in [2.45, 2.75) is 26.7 Å². The van der Waals surface area contributed by atoms with Crippen molar-refractivity contribution >= 4 is 0 Å². The van der Waals surface area contributed by atoms with E-state index in [0.29, 0.717) is 5.92 Å². The molecule has 0 nitrogen and oxygen atoms in total. The van der Waals surface area contributed by atoms with Crippen molar-refractivity contribution in [3.05, 3.63) is 11.9 Å². The third kappa shape index (κ3) is 4.14. The molecule has 0 heterocycles. The third-order valence-electron chi connectivity index (χ3n) is 1.53. The van der Waals surface area contributed by atoms with Crippen LogP contribution in [0.4, 0.5) is 4.39 Å². The van der Waals surface area contributed by atoms with E-state index < -0.39 is 5.83 Å². The van der Waals surface area contributed by atoms with E-state index in [1.807, 2.05) is 5.92 Å². The van der Waals surface area contributed by atoms with Crippen LogP contribution in [0.3, 0.4) is 0 Å². The van der Waals surface area contributed by atoms with Gasteiger partial charge in [0.15, 0.2) is 5.83 Å². The van der Waals surface area contributed by atoms with Gasteiger partial charge in [0.1, 0.15) is 0 Å². The molecule has 1 unspecified atom stereocenters. The molecule has 0 rings (SSSR count). The normalized spacial score (nSPS) is 14.4. The van der Waals surface area contributed by atoms with Gasteiger partial charge in [-0.15, -0.1) is 6.42 Å². The van der Waals surface area contributed by atoms with Gasteiger partial charge in [-0.2, -0.15) is 4.39 Å². The summed E-state index contributed by atoms with van der Waals surface area (Å²) in [6.07, 6.45) is 8.08. The average molecular weight is 140 g/mol. The number of terminal acetylenes is 1. The molecule has 1 heteroatoms. The Morgan fingerprint density at radius 3 is 2.80 bits per heavy atom. The van der Waals surface area contributed by atoms with Crippen LogP contribution in [0, 0.1) is 18.3 Å². The molecule has 10 heavy (non-hydrogen) atoms. The van der Waals surface area contributed by atoms with E-state index in [-0.39, 0.29) is 0 Å². The second-order valence-corrected chi connectivity index (χ2v) is 2.45. The standard InChI is InChI=1S/C9H13F/c1-4-8(3)6-7-9(10)5-2/h2,7-8H,4,6H2,1,3H3/b9-7+. The van der Waals surface area contributed by atoms with Crippen molar-refractivity contribution in [2.75, 3.05) is 0 Å². The van der Waals surface area contributed by atoms with E-state index in [4.69, 9.17) is 6.42 Å². The van der Waals surface area contributed by atoms with Gasteiger partial charge in [0.05, 0.1) is 0 Å². The first kappa shape index (κ1) is 9.23. The number of allylic oxidation sites excluding steroid dienone is 2. The minimum Gasteiger partial charge on any atom is -0.197 e. The second-order valence-electron chi connectivity index (χ2n) is 2.45. The first-order valence-corrected chi connectivity index (χ1v) is 3.53. The number of halogens is 1. The van der Waals surface area contributed by atoms with Gasteiger partial charge in [-0.1, -0.05) is 20.3 Å². The molecule has 0 saturated carbocycles. The van der Waals surface area contributed by atoms with Gasteiger partial charge in [0.25, 0.3) is 0 Å². The SMILES string of the molecule is C#C/C(F)=C\CC(C)CC. The molecule has 0 aliphatic heterocycles. The van der Waals surface area contributed by atoms with Crippen molar-refractivity contribution < 1.29 is 4.39 Å². The van der Waals surface area contributed by atoms with E-state index in [0.717, 1.165) is 12.8 Å². The molecule has 0 radical (unpaired) electrons. The van der Waals surface area contributed by atoms with Crippen LogP contribution in [-0.2, 0) is 0 Å². The molecule has 0 aliphatic carbocycles. The fourth-order valence-corrected chi connectivity index (χ4v) is 0.530. The molecule has 0 aromatic rings. The maximum absolute atomic E-state index is 12.3. The molecular formula is C9H13F. The fraction of sp³-hybridized carbons (Fsp3) is 0.556. The highest BCUT2D eigenvalue weighted by molar-refractivity contribution is 5.17. The first-order chi connectivity index (χ1) is 4.70. The monoisotopic (exact) mass is 140 g/mol. The van der Waals surface area contributed by atoms with E-state index >= 15 is 0 Å². The molecule has 0 amide bonds. The topological polar surface area (TPSA) is 0 Å². The van der Waals surface area contributed by atoms with Crippen LogP contribution >= 0.6 is 0 Å². The van der Waals surface area contributed by atoms with Crippen LogP contribution < -0.4 is 0 Å². The van der Waals surface area contributed by atoms with Crippen molar-refractivity contribution in [3.63, 3.8) is 0 Å². The zero-order valence-corrected chi connectivity index (χ0v) is 6.52. The molecule has 56 valence electrons. The lowest BCUT2D eigenvalue weighted by molar-refractivity contribution is 0.560. The van der Waals surface area contributed by atoms with Crippen LogP contribution in [0.15, 0.2) is 11.9 Å². The average Bonchev–Trinajstić information content (AvgIpc) is 1.99. The summed E-state index contributed by atoms with van der Waals surface area (Å²) in [6.45, 7) is 4.15. The highest BCUT2D eigenvalue weighted by atomic mass is 19.1. The quantitative estimate of drug-likeness (QED) is 0.529. The lowest BCUT2D eigenvalue weighted by Gasteiger charge is -2.01. The highest BCUT2D eigenvalue weighted by Gasteiger charge is 1.95. The van der Waals surface area contributed by atoms with E-state index in [9.17, 15) is 4.39 Å². The Balaban J connectivity index is 3.63. The van der Waals surface area contributed by atoms with Gasteiger partial charge in [-0.3, -0.25) is 0 Å². The zero-order valence-electron chi connectivity index (χ0n) is 6.52. The van der Waals surface area contributed by atoms with E-state index in [1.54, 1.807) is 0 Å². The maximum Gasteiger partial charge on any atom is 0.168 e. The molecule has 0 bridgehead atoms. The van der Waals surface area contributed by atoms with Gasteiger partial charge in [-0.05, 0) is 24.3 Å². The maximum atomic E-state index is 12.3. The third-order valence-corrected chi connectivity index (χ3v) is 1.53. The Kier molecular flexibility index (Phi) is 4.66. The summed E-state index contributed by atoms with van der Waals surface area (Å²) in [5.74, 6) is 2.02. The minimum atomic E-state index is -0.444. The Morgan fingerprint density at radius 1 is 1.80 bits per heavy atom. The van der Waals surface area contributed by atoms with E-state index in [1.165, 1.54) is 6.08 Å². The molecule has 0 spiro atoms. The Labute approximate surface area is 62.1 Å². The smallest absolute Gasteiger partial charge is 0.168 e. The minimum absolute atomic E-state index is 0.444. The molecule has 0 aromatic carbocycles. The lowest BCUT2D eigenvalue weighted by atomic mass is 10.1. The number of hydrogen-bond donors (Lipinski definition) is 0. The molecule has 0 aromatic heterocycles. The molecule has 0 fully saturated rings. The summed E-state index contributed by atoms with van der Waals surface area (Å²) in [4.78, 5) is 0. The van der Waals surface area contributed by atoms with Crippen LogP contribution in [0.25, 0.3) is 0 Å². The van der Waals surface area contributed by atoms with Crippen molar-refractivity contribution in [1.29, 1.82) is 0 Å². The second kappa shape index (κ2) is 5.05. The molecule has 1 atom stereocenters. The molecule has 0 N–H and O–H groups in total. The Hall–Kier alpha value is -0.770. The Bertz CT molecular complexity index is 151. The zero-order chi connectivity index (χ0) is 7.98. The van der Waals surface area contributed by atoms with Gasteiger partial charge in [-0.25, -0.2) is 0 Å². The van der Waals surface area contributed by atoms with Gasteiger partial charge < -0.3 is 0 Å². The van der Waals surface area contributed by atoms with Crippen molar-refractivity contribution in [3.8, 4) is 12.3 Å². The first-order valence-electron chi connectivity index (χ1n) is 3.53. The molecular weight excluding hydrogens is 127 g/mol. The number of rotatable bonds is 3. The fourth-order valence-electron chi connectivity index (χ4n) is 0.530. The van der Waals surface area contributed by atoms with Crippen molar-refractivity contribution in [1.82, 2.24) is 0 Å². The highest BCUT2D eigenvalue weighted by Crippen LogP contribution is 2.08. The summed E-state index contributed by atoms with van der Waals surface area (Å²) in [5.41, 5.74) is 0. The van der Waals surface area contributed by atoms with Crippen LogP contribution in [0.1, 0.15) is 26.7 Å². The van der Waals surface area contributed by atoms with Crippen LogP contribution in [0.2, 0.25) is 0 Å². The lowest BCUT2D eigenvalue weighted by Crippen LogP contribution is -1.88. The van der Waals surface area contributed by atoms with Gasteiger partial charge >= 0.3 is 0 Å². The summed E-state index contributed by atoms with van der Waals surface area (Å²) in [5, 5.41) is 0. The summed E-state index contributed by atoms with van der Waals surface area (Å²) < 4.78 is 12.3. The largest absolute Gasteiger partial charge is 0.197 e. The van der Waals surface area contributed by atoms with Crippen molar-refractivity contribution in [2.24, 2.45) is 5.92 Å². The van der Waals surface area contributed by atoms with Gasteiger partial charge in [0.2, 0.25) is 0 Å². The molecule has 0 saturated heterocycles.